The van der Waals surface area contributed by atoms with Crippen LogP contribution in [-0.2, 0) is 16.0 Å². The highest BCUT2D eigenvalue weighted by Crippen LogP contribution is 2.41. The second kappa shape index (κ2) is 8.65. The fraction of sp³-hybridized carbons (Fsp3) is 0.667. The van der Waals surface area contributed by atoms with E-state index >= 15 is 0 Å². The highest BCUT2D eigenvalue weighted by molar-refractivity contribution is 5.73. The largest absolute Gasteiger partial charge is 0.493 e. The van der Waals surface area contributed by atoms with Gasteiger partial charge in [-0.25, -0.2) is 0 Å². The molecule has 0 spiro atoms. The Morgan fingerprint density at radius 1 is 0.923 bits per heavy atom. The number of hydrogen-bond donors (Lipinski definition) is 0. The average Bonchev–Trinajstić information content (AvgIpc) is 2.66. The van der Waals surface area contributed by atoms with Gasteiger partial charge in [0.2, 0.25) is 5.75 Å². The van der Waals surface area contributed by atoms with Crippen molar-refractivity contribution in [1.29, 1.82) is 0 Å². The van der Waals surface area contributed by atoms with E-state index in [9.17, 15) is 4.79 Å². The molecule has 5 heteroatoms. The molecule has 0 bridgehead atoms. The molecule has 0 amide bonds. The second-order valence-corrected chi connectivity index (χ2v) is 7.44. The van der Waals surface area contributed by atoms with Crippen molar-refractivity contribution in [2.45, 2.75) is 57.5 Å². The Balaban J connectivity index is 1.61. The van der Waals surface area contributed by atoms with Gasteiger partial charge >= 0.3 is 5.97 Å². The quantitative estimate of drug-likeness (QED) is 0.711. The Morgan fingerprint density at radius 3 is 2.19 bits per heavy atom. The number of carbonyl (C=O) groups is 1. The van der Waals surface area contributed by atoms with Crippen LogP contribution in [0.5, 0.6) is 17.2 Å². The first-order valence-corrected chi connectivity index (χ1v) is 9.63. The smallest absolute Gasteiger partial charge is 0.310 e. The van der Waals surface area contributed by atoms with Crippen LogP contribution in [-0.4, -0.2) is 33.4 Å². The van der Waals surface area contributed by atoms with Gasteiger partial charge in [0, 0.05) is 0 Å². The Hall–Kier alpha value is -1.91. The zero-order chi connectivity index (χ0) is 18.5. The third-order valence-corrected chi connectivity index (χ3v) is 5.86. The lowest BCUT2D eigenvalue weighted by atomic mass is 9.70. The Kier molecular flexibility index (Phi) is 6.28. The van der Waals surface area contributed by atoms with Gasteiger partial charge in [0.15, 0.2) is 11.5 Å². The van der Waals surface area contributed by atoms with E-state index in [0.717, 1.165) is 30.2 Å². The van der Waals surface area contributed by atoms with Crippen molar-refractivity contribution in [2.75, 3.05) is 21.3 Å². The molecule has 3 rings (SSSR count). The predicted octanol–water partition coefficient (Wildman–Crippen LogP) is 4.16. The van der Waals surface area contributed by atoms with Crippen molar-refractivity contribution < 1.29 is 23.7 Å². The van der Waals surface area contributed by atoms with Crippen LogP contribution in [0.15, 0.2) is 12.1 Å². The van der Waals surface area contributed by atoms with Gasteiger partial charge in [-0.15, -0.1) is 0 Å². The van der Waals surface area contributed by atoms with Crippen LogP contribution < -0.4 is 14.2 Å². The van der Waals surface area contributed by atoms with Crippen molar-refractivity contribution in [2.24, 2.45) is 11.8 Å². The fourth-order valence-electron chi connectivity index (χ4n) is 4.57. The van der Waals surface area contributed by atoms with Crippen molar-refractivity contribution in [1.82, 2.24) is 0 Å². The summed E-state index contributed by atoms with van der Waals surface area (Å²) in [6.07, 6.45) is 8.87. The third-order valence-electron chi connectivity index (χ3n) is 5.86. The van der Waals surface area contributed by atoms with E-state index in [1.54, 1.807) is 33.5 Å². The molecule has 3 atom stereocenters. The number of fused-ring (bicyclic) bond motifs is 1. The molecule has 0 heterocycles. The molecule has 1 aromatic carbocycles. The summed E-state index contributed by atoms with van der Waals surface area (Å²) in [5.74, 6) is 3.06. The fourth-order valence-corrected chi connectivity index (χ4v) is 4.57. The SMILES string of the molecule is COc1cc(CC(=O)O[C@H]2CC[C@H]3CCCC[C@@H]3C2)cc(OC)c1OC. The number of benzene rings is 1. The normalized spacial score (nSPS) is 25.1. The lowest BCUT2D eigenvalue weighted by Gasteiger charge is -2.38. The van der Waals surface area contributed by atoms with Crippen molar-refractivity contribution in [3.05, 3.63) is 17.7 Å². The minimum atomic E-state index is -0.182. The van der Waals surface area contributed by atoms with Crippen molar-refractivity contribution >= 4 is 5.97 Å². The summed E-state index contributed by atoms with van der Waals surface area (Å²) in [5, 5.41) is 0. The van der Waals surface area contributed by atoms with E-state index in [2.05, 4.69) is 0 Å². The maximum Gasteiger partial charge on any atom is 0.310 e. The zero-order valence-electron chi connectivity index (χ0n) is 16.1. The van der Waals surface area contributed by atoms with Gasteiger partial charge in [0.05, 0.1) is 27.8 Å². The molecule has 144 valence electrons. The van der Waals surface area contributed by atoms with Crippen LogP contribution in [0.2, 0.25) is 0 Å². The van der Waals surface area contributed by atoms with E-state index in [4.69, 9.17) is 18.9 Å². The van der Waals surface area contributed by atoms with Crippen LogP contribution in [0.1, 0.15) is 50.5 Å². The summed E-state index contributed by atoms with van der Waals surface area (Å²) in [4.78, 5) is 12.5. The third kappa shape index (κ3) is 4.25. The summed E-state index contributed by atoms with van der Waals surface area (Å²) in [7, 11) is 4.71. The highest BCUT2D eigenvalue weighted by Gasteiger charge is 2.33. The van der Waals surface area contributed by atoms with Crippen LogP contribution in [0, 0.1) is 11.8 Å². The van der Waals surface area contributed by atoms with E-state index < -0.39 is 0 Å². The zero-order valence-corrected chi connectivity index (χ0v) is 16.1. The van der Waals surface area contributed by atoms with E-state index in [1.807, 2.05) is 0 Å². The standard InChI is InChI=1S/C21H30O5/c1-23-18-10-14(11-19(24-2)21(18)25-3)12-20(22)26-17-9-8-15-6-4-5-7-16(15)13-17/h10-11,15-17H,4-9,12-13H2,1-3H3/t15-,16-,17+/m1/s1. The maximum absolute atomic E-state index is 12.5. The molecular weight excluding hydrogens is 332 g/mol. The van der Waals surface area contributed by atoms with E-state index in [0.29, 0.717) is 17.2 Å². The number of methoxy groups -OCH3 is 3. The van der Waals surface area contributed by atoms with Crippen LogP contribution in [0.25, 0.3) is 0 Å². The van der Waals surface area contributed by atoms with Gasteiger partial charge in [-0.05, 0) is 48.8 Å². The molecule has 0 unspecified atom stereocenters. The van der Waals surface area contributed by atoms with Gasteiger partial charge in [-0.1, -0.05) is 25.7 Å². The number of rotatable bonds is 6. The Morgan fingerprint density at radius 2 is 1.58 bits per heavy atom. The molecule has 1 aromatic rings. The number of hydrogen-bond acceptors (Lipinski definition) is 5. The molecule has 26 heavy (non-hydrogen) atoms. The number of carbonyl (C=O) groups excluding carboxylic acids is 1. The molecule has 0 aliphatic heterocycles. The molecule has 2 aliphatic rings. The molecule has 0 aromatic heterocycles. The van der Waals surface area contributed by atoms with E-state index in [1.165, 1.54) is 32.1 Å². The predicted molar refractivity (Wildman–Crippen MR) is 99.0 cm³/mol. The summed E-state index contributed by atoms with van der Waals surface area (Å²) in [6, 6.07) is 3.61. The first-order chi connectivity index (χ1) is 12.6. The lowest BCUT2D eigenvalue weighted by molar-refractivity contribution is -0.151. The van der Waals surface area contributed by atoms with E-state index in [-0.39, 0.29) is 18.5 Å². The second-order valence-electron chi connectivity index (χ2n) is 7.44. The monoisotopic (exact) mass is 362 g/mol. The molecular formula is C21H30O5. The summed E-state index contributed by atoms with van der Waals surface area (Å²) >= 11 is 0. The van der Waals surface area contributed by atoms with Gasteiger partial charge in [-0.3, -0.25) is 4.79 Å². The van der Waals surface area contributed by atoms with Crippen LogP contribution in [0.4, 0.5) is 0 Å². The molecule has 2 fully saturated rings. The van der Waals surface area contributed by atoms with Crippen molar-refractivity contribution in [3.63, 3.8) is 0 Å². The summed E-state index contributed by atoms with van der Waals surface area (Å²) < 4.78 is 21.8. The molecule has 5 nitrogen and oxygen atoms in total. The first kappa shape index (κ1) is 18.9. The lowest BCUT2D eigenvalue weighted by Crippen LogP contribution is -2.33. The first-order valence-electron chi connectivity index (χ1n) is 9.63. The highest BCUT2D eigenvalue weighted by atomic mass is 16.5. The van der Waals surface area contributed by atoms with Crippen LogP contribution in [0.3, 0.4) is 0 Å². The maximum atomic E-state index is 12.5. The van der Waals surface area contributed by atoms with Gasteiger partial charge in [0.1, 0.15) is 6.10 Å². The minimum absolute atomic E-state index is 0.0730. The Bertz CT molecular complexity index is 602. The molecule has 0 saturated heterocycles. The van der Waals surface area contributed by atoms with Crippen LogP contribution >= 0.6 is 0 Å². The van der Waals surface area contributed by atoms with Gasteiger partial charge < -0.3 is 18.9 Å². The Labute approximate surface area is 156 Å². The minimum Gasteiger partial charge on any atom is -0.493 e. The van der Waals surface area contributed by atoms with Gasteiger partial charge in [0.25, 0.3) is 0 Å². The topological polar surface area (TPSA) is 54.0 Å². The number of esters is 1. The van der Waals surface area contributed by atoms with Gasteiger partial charge in [-0.2, -0.15) is 0 Å². The summed E-state index contributed by atoms with van der Waals surface area (Å²) in [5.41, 5.74) is 0.802. The average molecular weight is 362 g/mol. The summed E-state index contributed by atoms with van der Waals surface area (Å²) in [6.45, 7) is 0. The number of ether oxygens (including phenoxy) is 4. The molecule has 0 N–H and O–H groups in total. The molecule has 0 radical (unpaired) electrons. The molecule has 2 aliphatic carbocycles. The van der Waals surface area contributed by atoms with Crippen molar-refractivity contribution in [3.8, 4) is 17.2 Å². The molecule has 2 saturated carbocycles.